The predicted molar refractivity (Wildman–Crippen MR) is 73.5 cm³/mol. The van der Waals surface area contributed by atoms with Crippen LogP contribution in [0.5, 0.6) is 0 Å². The zero-order valence-electron chi connectivity index (χ0n) is 10.8. The van der Waals surface area contributed by atoms with Gasteiger partial charge in [-0.25, -0.2) is 4.79 Å². The van der Waals surface area contributed by atoms with Crippen LogP contribution >= 0.6 is 11.6 Å². The average Bonchev–Trinajstić information content (AvgIpc) is 2.39. The van der Waals surface area contributed by atoms with Crippen LogP contribution < -0.4 is 0 Å². The van der Waals surface area contributed by atoms with Gasteiger partial charge in [0, 0.05) is 5.02 Å². The fraction of sp³-hybridized carbons (Fsp3) is 0.500. The van der Waals surface area contributed by atoms with Crippen molar-refractivity contribution in [1.29, 1.82) is 0 Å². The molecule has 0 amide bonds. The second kappa shape index (κ2) is 5.90. The maximum atomic E-state index is 10.7. The van der Waals surface area contributed by atoms with Gasteiger partial charge in [0.15, 0.2) is 6.10 Å². The quantitative estimate of drug-likeness (QED) is 0.893. The number of likely N-dealkylation sites (tertiary alicyclic amines) is 1. The summed E-state index contributed by atoms with van der Waals surface area (Å²) in [6, 6.07) is 5.06. The zero-order chi connectivity index (χ0) is 14.0. The molecule has 1 aromatic carbocycles. The first-order valence-corrected chi connectivity index (χ1v) is 6.75. The molecule has 1 unspecified atom stereocenters. The number of hydrogen-bond acceptors (Lipinski definition) is 3. The van der Waals surface area contributed by atoms with E-state index in [1.54, 1.807) is 12.1 Å². The molecule has 5 heteroatoms. The Kier molecular flexibility index (Phi) is 4.45. The van der Waals surface area contributed by atoms with Crippen LogP contribution in [-0.4, -0.2) is 41.2 Å². The summed E-state index contributed by atoms with van der Waals surface area (Å²) in [5, 5.41) is 18.8. The fourth-order valence-corrected chi connectivity index (χ4v) is 2.85. The van der Waals surface area contributed by atoms with E-state index < -0.39 is 12.1 Å². The third-order valence-electron chi connectivity index (χ3n) is 3.73. The highest BCUT2D eigenvalue weighted by Gasteiger charge is 2.22. The van der Waals surface area contributed by atoms with E-state index in [9.17, 15) is 9.90 Å². The summed E-state index contributed by atoms with van der Waals surface area (Å²) in [6.07, 6.45) is 0.595. The first-order chi connectivity index (χ1) is 8.99. The summed E-state index contributed by atoms with van der Waals surface area (Å²) in [4.78, 5) is 13.0. The van der Waals surface area contributed by atoms with E-state index in [0.717, 1.165) is 31.5 Å². The monoisotopic (exact) mass is 283 g/mol. The Labute approximate surface area is 117 Å². The number of rotatable bonds is 3. The van der Waals surface area contributed by atoms with Crippen molar-refractivity contribution in [2.45, 2.75) is 24.9 Å². The molecule has 2 rings (SSSR count). The van der Waals surface area contributed by atoms with Crippen LogP contribution in [0.2, 0.25) is 5.02 Å². The van der Waals surface area contributed by atoms with Gasteiger partial charge >= 0.3 is 5.97 Å². The number of benzene rings is 1. The Bertz CT molecular complexity index is 470. The van der Waals surface area contributed by atoms with Crippen LogP contribution in [0.3, 0.4) is 0 Å². The van der Waals surface area contributed by atoms with Gasteiger partial charge in [-0.1, -0.05) is 23.7 Å². The Hall–Kier alpha value is -1.10. The summed E-state index contributed by atoms with van der Waals surface area (Å²) >= 11 is 6.23. The summed E-state index contributed by atoms with van der Waals surface area (Å²) < 4.78 is 0. The van der Waals surface area contributed by atoms with Crippen molar-refractivity contribution in [2.24, 2.45) is 0 Å². The molecular weight excluding hydrogens is 266 g/mol. The van der Waals surface area contributed by atoms with Crippen molar-refractivity contribution in [3.05, 3.63) is 34.3 Å². The molecule has 0 spiro atoms. The van der Waals surface area contributed by atoms with Crippen LogP contribution in [0.25, 0.3) is 0 Å². The minimum Gasteiger partial charge on any atom is -0.479 e. The van der Waals surface area contributed by atoms with E-state index in [2.05, 4.69) is 11.9 Å². The lowest BCUT2D eigenvalue weighted by atomic mass is 9.88. The van der Waals surface area contributed by atoms with Crippen LogP contribution in [0.4, 0.5) is 0 Å². The fourth-order valence-electron chi connectivity index (χ4n) is 2.51. The van der Waals surface area contributed by atoms with Gasteiger partial charge in [-0.2, -0.15) is 0 Å². The molecule has 1 aromatic rings. The Morgan fingerprint density at radius 1 is 1.42 bits per heavy atom. The van der Waals surface area contributed by atoms with Gasteiger partial charge in [-0.15, -0.1) is 0 Å². The molecule has 104 valence electrons. The highest BCUT2D eigenvalue weighted by Crippen LogP contribution is 2.33. The van der Waals surface area contributed by atoms with Gasteiger partial charge < -0.3 is 15.1 Å². The number of aliphatic hydroxyl groups excluding tert-OH is 1. The third-order valence-corrected chi connectivity index (χ3v) is 4.06. The molecule has 0 bridgehead atoms. The molecule has 0 aliphatic carbocycles. The number of aliphatic carboxylic acids is 1. The highest BCUT2D eigenvalue weighted by molar-refractivity contribution is 6.31. The van der Waals surface area contributed by atoms with Gasteiger partial charge in [0.25, 0.3) is 0 Å². The van der Waals surface area contributed by atoms with Gasteiger partial charge in [-0.05, 0) is 56.1 Å². The predicted octanol–water partition coefficient (Wildman–Crippen LogP) is 2.27. The number of carboxylic acids is 1. The van der Waals surface area contributed by atoms with Gasteiger partial charge in [-0.3, -0.25) is 0 Å². The molecule has 0 radical (unpaired) electrons. The molecule has 1 atom stereocenters. The minimum atomic E-state index is -1.51. The Morgan fingerprint density at radius 2 is 2.05 bits per heavy atom. The SMILES string of the molecule is CN1CCC(c2ccc(C(O)C(=O)O)cc2Cl)CC1. The summed E-state index contributed by atoms with van der Waals surface area (Å²) in [5.41, 5.74) is 1.38. The lowest BCUT2D eigenvalue weighted by molar-refractivity contribution is -0.146. The maximum absolute atomic E-state index is 10.7. The second-order valence-corrected chi connectivity index (χ2v) is 5.51. The first-order valence-electron chi connectivity index (χ1n) is 6.38. The number of halogens is 1. The minimum absolute atomic E-state index is 0.328. The molecule has 19 heavy (non-hydrogen) atoms. The van der Waals surface area contributed by atoms with E-state index in [0.29, 0.717) is 16.5 Å². The molecule has 2 N–H and O–H groups in total. The molecule has 1 saturated heterocycles. The molecule has 0 aromatic heterocycles. The van der Waals surface area contributed by atoms with Crippen LogP contribution in [0.1, 0.15) is 36.0 Å². The molecule has 1 fully saturated rings. The molecule has 1 aliphatic heterocycles. The lowest BCUT2D eigenvalue weighted by Crippen LogP contribution is -2.29. The second-order valence-electron chi connectivity index (χ2n) is 5.10. The van der Waals surface area contributed by atoms with Crippen molar-refractivity contribution < 1.29 is 15.0 Å². The number of piperidine rings is 1. The molecule has 1 aliphatic rings. The number of aliphatic hydroxyl groups is 1. The summed E-state index contributed by atoms with van der Waals surface area (Å²) in [5.74, 6) is -0.845. The standard InChI is InChI=1S/C14H18ClNO3/c1-16-6-4-9(5-7-16)11-3-2-10(8-12(11)15)13(17)14(18)19/h2-3,8-9,13,17H,4-7H2,1H3,(H,18,19). The van der Waals surface area contributed by atoms with Crippen molar-refractivity contribution >= 4 is 17.6 Å². The first kappa shape index (κ1) is 14.3. The van der Waals surface area contributed by atoms with Crippen LogP contribution in [0, 0.1) is 0 Å². The van der Waals surface area contributed by atoms with E-state index in [1.807, 2.05) is 6.07 Å². The molecular formula is C14H18ClNO3. The molecule has 4 nitrogen and oxygen atoms in total. The third kappa shape index (κ3) is 3.26. The van der Waals surface area contributed by atoms with Crippen molar-refractivity contribution in [1.82, 2.24) is 4.90 Å². The lowest BCUT2D eigenvalue weighted by Gasteiger charge is -2.29. The van der Waals surface area contributed by atoms with E-state index in [1.165, 1.54) is 0 Å². The number of hydrogen-bond donors (Lipinski definition) is 2. The van der Waals surface area contributed by atoms with Crippen molar-refractivity contribution in [3.63, 3.8) is 0 Å². The zero-order valence-corrected chi connectivity index (χ0v) is 11.6. The van der Waals surface area contributed by atoms with Crippen molar-refractivity contribution in [2.75, 3.05) is 20.1 Å². The van der Waals surface area contributed by atoms with Crippen LogP contribution in [0.15, 0.2) is 18.2 Å². The largest absolute Gasteiger partial charge is 0.479 e. The van der Waals surface area contributed by atoms with E-state index in [4.69, 9.17) is 16.7 Å². The maximum Gasteiger partial charge on any atom is 0.337 e. The average molecular weight is 284 g/mol. The Morgan fingerprint density at radius 3 is 2.58 bits per heavy atom. The van der Waals surface area contributed by atoms with Gasteiger partial charge in [0.1, 0.15) is 0 Å². The highest BCUT2D eigenvalue weighted by atomic mass is 35.5. The van der Waals surface area contributed by atoms with E-state index in [-0.39, 0.29) is 0 Å². The molecule has 1 heterocycles. The number of carbonyl (C=O) groups is 1. The summed E-state index contributed by atoms with van der Waals surface area (Å²) in [6.45, 7) is 2.08. The van der Waals surface area contributed by atoms with Gasteiger partial charge in [0.05, 0.1) is 0 Å². The van der Waals surface area contributed by atoms with Crippen molar-refractivity contribution in [3.8, 4) is 0 Å². The van der Waals surface area contributed by atoms with Gasteiger partial charge in [0.2, 0.25) is 0 Å². The smallest absolute Gasteiger partial charge is 0.337 e. The molecule has 0 saturated carbocycles. The Balaban J connectivity index is 2.17. The summed E-state index contributed by atoms with van der Waals surface area (Å²) in [7, 11) is 2.10. The topological polar surface area (TPSA) is 60.8 Å². The van der Waals surface area contributed by atoms with E-state index >= 15 is 0 Å². The normalized spacial score (nSPS) is 19.3. The van der Waals surface area contributed by atoms with Crippen LogP contribution in [-0.2, 0) is 4.79 Å². The number of carboxylic acid groups (broad SMARTS) is 1. The number of nitrogens with zero attached hydrogens (tertiary/aromatic N) is 1.